The smallest absolute Gasteiger partial charge is 0.333 e. The zero-order valence-electron chi connectivity index (χ0n) is 9.01. The lowest BCUT2D eigenvalue weighted by Gasteiger charge is -2.10. The van der Waals surface area contributed by atoms with Gasteiger partial charge in [0.1, 0.15) is 6.61 Å². The molecule has 0 aliphatic heterocycles. The third-order valence-corrected chi connectivity index (χ3v) is 1.91. The van der Waals surface area contributed by atoms with Gasteiger partial charge >= 0.3 is 5.97 Å². The topological polar surface area (TPSA) is 35.5 Å². The van der Waals surface area contributed by atoms with Crippen molar-refractivity contribution in [1.82, 2.24) is 0 Å². The minimum atomic E-state index is -0.260. The molecular formula is C10H18O3. The Balaban J connectivity index is 3.96. The van der Waals surface area contributed by atoms with Crippen LogP contribution < -0.4 is 0 Å². The summed E-state index contributed by atoms with van der Waals surface area (Å²) in [5.74, 6) is -0.260. The summed E-state index contributed by atoms with van der Waals surface area (Å²) >= 11 is 0. The van der Waals surface area contributed by atoms with Crippen LogP contribution in [0.1, 0.15) is 27.7 Å². The van der Waals surface area contributed by atoms with Crippen LogP contribution in [0.2, 0.25) is 0 Å². The van der Waals surface area contributed by atoms with Crippen molar-refractivity contribution in [2.45, 2.75) is 33.8 Å². The van der Waals surface area contributed by atoms with Crippen molar-refractivity contribution in [2.24, 2.45) is 0 Å². The molecule has 0 spiro atoms. The summed E-state index contributed by atoms with van der Waals surface area (Å²) in [4.78, 5) is 11.3. The summed E-state index contributed by atoms with van der Waals surface area (Å²) in [6.07, 6.45) is -0.0473. The highest BCUT2D eigenvalue weighted by molar-refractivity contribution is 5.88. The van der Waals surface area contributed by atoms with E-state index in [0.717, 1.165) is 5.57 Å². The average molecular weight is 186 g/mol. The van der Waals surface area contributed by atoms with Gasteiger partial charge in [0.05, 0.1) is 6.10 Å². The fraction of sp³-hybridized carbons (Fsp3) is 0.700. The maximum atomic E-state index is 11.3. The summed E-state index contributed by atoms with van der Waals surface area (Å²) in [5, 5.41) is 0. The number of hydrogen-bond donors (Lipinski definition) is 0. The van der Waals surface area contributed by atoms with Gasteiger partial charge in [0.15, 0.2) is 0 Å². The SMILES string of the molecule is COC(C)COC(=O)C(C)=C(C)C. The van der Waals surface area contributed by atoms with Crippen LogP contribution in [0.4, 0.5) is 0 Å². The van der Waals surface area contributed by atoms with Gasteiger partial charge in [-0.1, -0.05) is 5.57 Å². The first-order valence-corrected chi connectivity index (χ1v) is 4.33. The predicted octanol–water partition coefficient (Wildman–Crippen LogP) is 1.92. The van der Waals surface area contributed by atoms with Gasteiger partial charge in [0, 0.05) is 12.7 Å². The van der Waals surface area contributed by atoms with E-state index < -0.39 is 0 Å². The van der Waals surface area contributed by atoms with Gasteiger partial charge in [-0.25, -0.2) is 4.79 Å². The second-order valence-corrected chi connectivity index (χ2v) is 3.27. The van der Waals surface area contributed by atoms with Crippen LogP contribution >= 0.6 is 0 Å². The summed E-state index contributed by atoms with van der Waals surface area (Å²) < 4.78 is 9.94. The van der Waals surface area contributed by atoms with E-state index in [0.29, 0.717) is 12.2 Å². The van der Waals surface area contributed by atoms with Crippen LogP contribution in [-0.4, -0.2) is 25.8 Å². The number of carbonyl (C=O) groups is 1. The van der Waals surface area contributed by atoms with E-state index in [1.807, 2.05) is 20.8 Å². The molecule has 3 nitrogen and oxygen atoms in total. The molecule has 0 saturated carbocycles. The summed E-state index contributed by atoms with van der Waals surface area (Å²) in [6, 6.07) is 0. The largest absolute Gasteiger partial charge is 0.460 e. The molecular weight excluding hydrogens is 168 g/mol. The summed E-state index contributed by atoms with van der Waals surface area (Å²) in [6.45, 7) is 7.69. The van der Waals surface area contributed by atoms with E-state index in [9.17, 15) is 4.79 Å². The van der Waals surface area contributed by atoms with E-state index in [4.69, 9.17) is 9.47 Å². The molecule has 3 heteroatoms. The normalized spacial score (nSPS) is 12.1. The van der Waals surface area contributed by atoms with Gasteiger partial charge < -0.3 is 9.47 Å². The third kappa shape index (κ3) is 4.68. The van der Waals surface area contributed by atoms with Crippen LogP contribution in [0.3, 0.4) is 0 Å². The number of ether oxygens (including phenoxy) is 2. The Labute approximate surface area is 79.7 Å². The van der Waals surface area contributed by atoms with Crippen LogP contribution in [0.25, 0.3) is 0 Å². The molecule has 0 aliphatic carbocycles. The summed E-state index contributed by atoms with van der Waals surface area (Å²) in [7, 11) is 1.59. The Kier molecular flexibility index (Phi) is 5.39. The minimum absolute atomic E-state index is 0.0473. The molecule has 0 aromatic carbocycles. The molecule has 0 bridgehead atoms. The Morgan fingerprint density at radius 3 is 2.23 bits per heavy atom. The zero-order valence-corrected chi connectivity index (χ0v) is 9.01. The van der Waals surface area contributed by atoms with E-state index in [1.54, 1.807) is 14.0 Å². The highest BCUT2D eigenvalue weighted by Gasteiger charge is 2.09. The van der Waals surface area contributed by atoms with E-state index in [-0.39, 0.29) is 12.1 Å². The van der Waals surface area contributed by atoms with Crippen molar-refractivity contribution < 1.29 is 14.3 Å². The zero-order chi connectivity index (χ0) is 10.4. The molecule has 76 valence electrons. The van der Waals surface area contributed by atoms with Crippen molar-refractivity contribution in [2.75, 3.05) is 13.7 Å². The number of carbonyl (C=O) groups excluding carboxylic acids is 1. The molecule has 0 aromatic heterocycles. The molecule has 0 saturated heterocycles. The Bertz CT molecular complexity index is 202. The Morgan fingerprint density at radius 1 is 1.31 bits per heavy atom. The van der Waals surface area contributed by atoms with Crippen LogP contribution in [0.15, 0.2) is 11.1 Å². The van der Waals surface area contributed by atoms with Gasteiger partial charge in [0.2, 0.25) is 0 Å². The number of rotatable bonds is 4. The van der Waals surface area contributed by atoms with E-state index in [1.165, 1.54) is 0 Å². The molecule has 0 rings (SSSR count). The van der Waals surface area contributed by atoms with Gasteiger partial charge in [-0.05, 0) is 27.7 Å². The molecule has 0 heterocycles. The van der Waals surface area contributed by atoms with Crippen molar-refractivity contribution in [3.63, 3.8) is 0 Å². The van der Waals surface area contributed by atoms with E-state index >= 15 is 0 Å². The monoisotopic (exact) mass is 186 g/mol. The van der Waals surface area contributed by atoms with Gasteiger partial charge in [-0.3, -0.25) is 0 Å². The second-order valence-electron chi connectivity index (χ2n) is 3.27. The minimum Gasteiger partial charge on any atom is -0.460 e. The molecule has 0 fully saturated rings. The molecule has 0 amide bonds. The molecule has 13 heavy (non-hydrogen) atoms. The van der Waals surface area contributed by atoms with Crippen molar-refractivity contribution in [3.8, 4) is 0 Å². The molecule has 0 aromatic rings. The molecule has 0 N–H and O–H groups in total. The second kappa shape index (κ2) is 5.75. The number of hydrogen-bond acceptors (Lipinski definition) is 3. The molecule has 0 aliphatic rings. The lowest BCUT2D eigenvalue weighted by atomic mass is 10.2. The fourth-order valence-electron chi connectivity index (χ4n) is 0.573. The molecule has 1 atom stereocenters. The predicted molar refractivity (Wildman–Crippen MR) is 51.5 cm³/mol. The standard InChI is InChI=1S/C10H18O3/c1-7(2)9(4)10(11)13-6-8(3)12-5/h8H,6H2,1-5H3. The lowest BCUT2D eigenvalue weighted by Crippen LogP contribution is -2.18. The van der Waals surface area contributed by atoms with Crippen molar-refractivity contribution in [3.05, 3.63) is 11.1 Å². The maximum absolute atomic E-state index is 11.3. The quantitative estimate of drug-likeness (QED) is 0.497. The first-order valence-electron chi connectivity index (χ1n) is 4.33. The van der Waals surface area contributed by atoms with Crippen LogP contribution in [0.5, 0.6) is 0 Å². The van der Waals surface area contributed by atoms with Crippen LogP contribution in [0, 0.1) is 0 Å². The third-order valence-electron chi connectivity index (χ3n) is 1.91. The molecule has 0 radical (unpaired) electrons. The van der Waals surface area contributed by atoms with Gasteiger partial charge in [-0.15, -0.1) is 0 Å². The van der Waals surface area contributed by atoms with Gasteiger partial charge in [0.25, 0.3) is 0 Å². The Morgan fingerprint density at radius 2 is 1.85 bits per heavy atom. The van der Waals surface area contributed by atoms with Gasteiger partial charge in [-0.2, -0.15) is 0 Å². The number of allylic oxidation sites excluding steroid dienone is 1. The first kappa shape index (κ1) is 12.2. The highest BCUT2D eigenvalue weighted by Crippen LogP contribution is 2.04. The summed E-state index contributed by atoms with van der Waals surface area (Å²) in [5.41, 5.74) is 1.65. The van der Waals surface area contributed by atoms with Crippen LogP contribution in [-0.2, 0) is 14.3 Å². The van der Waals surface area contributed by atoms with Crippen molar-refractivity contribution >= 4 is 5.97 Å². The van der Waals surface area contributed by atoms with Crippen molar-refractivity contribution in [1.29, 1.82) is 0 Å². The van der Waals surface area contributed by atoms with E-state index in [2.05, 4.69) is 0 Å². The first-order chi connectivity index (χ1) is 5.99. The highest BCUT2D eigenvalue weighted by atomic mass is 16.6. The fourth-order valence-corrected chi connectivity index (χ4v) is 0.573. The Hall–Kier alpha value is -0.830. The molecule has 1 unspecified atom stereocenters. The maximum Gasteiger partial charge on any atom is 0.333 e. The lowest BCUT2D eigenvalue weighted by molar-refractivity contribution is -0.142. The number of methoxy groups -OCH3 is 1. The number of esters is 1. The average Bonchev–Trinajstić information content (AvgIpc) is 2.11.